The van der Waals surface area contributed by atoms with Gasteiger partial charge in [0.05, 0.1) is 12.6 Å². The number of benzene rings is 1. The van der Waals surface area contributed by atoms with Gasteiger partial charge < -0.3 is 10.1 Å². The molecule has 0 saturated carbocycles. The summed E-state index contributed by atoms with van der Waals surface area (Å²) < 4.78 is 5.20. The summed E-state index contributed by atoms with van der Waals surface area (Å²) >= 11 is 0. The van der Waals surface area contributed by atoms with Gasteiger partial charge in [0.25, 0.3) is 0 Å². The number of rotatable bonds is 5. The summed E-state index contributed by atoms with van der Waals surface area (Å²) in [7, 11) is 1.73. The Bertz CT molecular complexity index is 246. The average Bonchev–Trinajstić information content (AvgIpc) is 2.18. The van der Waals surface area contributed by atoms with Crippen molar-refractivity contribution in [1.82, 2.24) is 5.32 Å². The zero-order valence-electron chi connectivity index (χ0n) is 9.16. The van der Waals surface area contributed by atoms with Crippen molar-refractivity contribution in [3.63, 3.8) is 0 Å². The van der Waals surface area contributed by atoms with E-state index in [4.69, 9.17) is 4.74 Å². The van der Waals surface area contributed by atoms with E-state index in [-0.39, 0.29) is 0 Å². The predicted octanol–water partition coefficient (Wildman–Crippen LogP) is 2.37. The SMILES string of the molecule is COC[C@@H](NC(C)C)c1ccccc1. The summed E-state index contributed by atoms with van der Waals surface area (Å²) in [4.78, 5) is 0. The van der Waals surface area contributed by atoms with Crippen LogP contribution >= 0.6 is 0 Å². The lowest BCUT2D eigenvalue weighted by Gasteiger charge is -2.20. The van der Waals surface area contributed by atoms with E-state index in [1.54, 1.807) is 7.11 Å². The maximum absolute atomic E-state index is 5.20. The number of nitrogens with one attached hydrogen (secondary N) is 1. The van der Waals surface area contributed by atoms with Gasteiger partial charge in [-0.1, -0.05) is 44.2 Å². The Morgan fingerprint density at radius 1 is 1.21 bits per heavy atom. The lowest BCUT2D eigenvalue weighted by atomic mass is 10.1. The Hall–Kier alpha value is -0.860. The summed E-state index contributed by atoms with van der Waals surface area (Å²) in [6, 6.07) is 11.2. The van der Waals surface area contributed by atoms with Gasteiger partial charge in [-0.2, -0.15) is 0 Å². The smallest absolute Gasteiger partial charge is 0.0657 e. The lowest BCUT2D eigenvalue weighted by molar-refractivity contribution is 0.163. The fourth-order valence-electron chi connectivity index (χ4n) is 1.49. The summed E-state index contributed by atoms with van der Waals surface area (Å²) in [5, 5.41) is 3.47. The van der Waals surface area contributed by atoms with Crippen molar-refractivity contribution in [3.8, 4) is 0 Å². The zero-order chi connectivity index (χ0) is 10.4. The number of hydrogen-bond donors (Lipinski definition) is 1. The van der Waals surface area contributed by atoms with Gasteiger partial charge in [-0.3, -0.25) is 0 Å². The second-order valence-corrected chi connectivity index (χ2v) is 3.74. The van der Waals surface area contributed by atoms with Crippen LogP contribution in [-0.2, 0) is 4.74 Å². The van der Waals surface area contributed by atoms with Crippen LogP contribution in [0.25, 0.3) is 0 Å². The van der Waals surface area contributed by atoms with Crippen LogP contribution in [0.2, 0.25) is 0 Å². The van der Waals surface area contributed by atoms with E-state index < -0.39 is 0 Å². The predicted molar refractivity (Wildman–Crippen MR) is 59.3 cm³/mol. The van der Waals surface area contributed by atoms with E-state index >= 15 is 0 Å². The first-order chi connectivity index (χ1) is 6.74. The quantitative estimate of drug-likeness (QED) is 0.775. The van der Waals surface area contributed by atoms with E-state index in [9.17, 15) is 0 Å². The van der Waals surface area contributed by atoms with E-state index in [1.165, 1.54) is 5.56 Å². The maximum atomic E-state index is 5.20. The van der Waals surface area contributed by atoms with Crippen LogP contribution in [0.5, 0.6) is 0 Å². The molecule has 2 heteroatoms. The Morgan fingerprint density at radius 3 is 2.36 bits per heavy atom. The fourth-order valence-corrected chi connectivity index (χ4v) is 1.49. The van der Waals surface area contributed by atoms with Crippen molar-refractivity contribution in [2.45, 2.75) is 25.9 Å². The van der Waals surface area contributed by atoms with Crippen LogP contribution in [0.1, 0.15) is 25.5 Å². The minimum Gasteiger partial charge on any atom is -0.383 e. The van der Waals surface area contributed by atoms with Crippen LogP contribution in [0, 0.1) is 0 Å². The van der Waals surface area contributed by atoms with Gasteiger partial charge in [-0.25, -0.2) is 0 Å². The molecule has 0 aliphatic rings. The first-order valence-electron chi connectivity index (χ1n) is 5.04. The van der Waals surface area contributed by atoms with E-state index in [0.717, 1.165) is 0 Å². The summed E-state index contributed by atoms with van der Waals surface area (Å²) in [6.45, 7) is 5.00. The number of ether oxygens (including phenoxy) is 1. The fraction of sp³-hybridized carbons (Fsp3) is 0.500. The number of methoxy groups -OCH3 is 1. The Balaban J connectivity index is 2.67. The molecule has 1 aromatic carbocycles. The Labute approximate surface area is 86.3 Å². The molecule has 0 saturated heterocycles. The Morgan fingerprint density at radius 2 is 1.86 bits per heavy atom. The van der Waals surface area contributed by atoms with Gasteiger partial charge in [-0.15, -0.1) is 0 Å². The molecule has 0 spiro atoms. The van der Waals surface area contributed by atoms with Crippen molar-refractivity contribution in [1.29, 1.82) is 0 Å². The van der Waals surface area contributed by atoms with Crippen molar-refractivity contribution in [2.75, 3.05) is 13.7 Å². The lowest BCUT2D eigenvalue weighted by Crippen LogP contribution is -2.30. The molecule has 0 heterocycles. The van der Waals surface area contributed by atoms with E-state index in [0.29, 0.717) is 18.7 Å². The van der Waals surface area contributed by atoms with Crippen LogP contribution in [0.4, 0.5) is 0 Å². The molecule has 0 aliphatic heterocycles. The van der Waals surface area contributed by atoms with Gasteiger partial charge in [0.1, 0.15) is 0 Å². The molecule has 1 rings (SSSR count). The monoisotopic (exact) mass is 193 g/mol. The zero-order valence-corrected chi connectivity index (χ0v) is 9.16. The minimum absolute atomic E-state index is 0.293. The highest BCUT2D eigenvalue weighted by molar-refractivity contribution is 5.19. The van der Waals surface area contributed by atoms with Crippen LogP contribution in [-0.4, -0.2) is 19.8 Å². The Kier molecular flexibility index (Phi) is 4.63. The summed E-state index contributed by atoms with van der Waals surface area (Å²) in [6.07, 6.45) is 0. The highest BCUT2D eigenvalue weighted by Crippen LogP contribution is 2.13. The molecule has 78 valence electrons. The van der Waals surface area contributed by atoms with Crippen molar-refractivity contribution < 1.29 is 4.74 Å². The molecule has 1 atom stereocenters. The van der Waals surface area contributed by atoms with Gasteiger partial charge in [-0.05, 0) is 5.56 Å². The molecule has 1 N–H and O–H groups in total. The van der Waals surface area contributed by atoms with Gasteiger partial charge in [0.15, 0.2) is 0 Å². The molecule has 2 nitrogen and oxygen atoms in total. The maximum Gasteiger partial charge on any atom is 0.0657 e. The number of hydrogen-bond acceptors (Lipinski definition) is 2. The standard InChI is InChI=1S/C12H19NO/c1-10(2)13-12(9-14-3)11-7-5-4-6-8-11/h4-8,10,12-13H,9H2,1-3H3/t12-/m1/s1. The molecule has 1 aromatic rings. The molecule has 0 aliphatic carbocycles. The molecule has 0 bridgehead atoms. The third-order valence-corrected chi connectivity index (χ3v) is 2.07. The topological polar surface area (TPSA) is 21.3 Å². The van der Waals surface area contributed by atoms with Crippen LogP contribution in [0.15, 0.2) is 30.3 Å². The third-order valence-electron chi connectivity index (χ3n) is 2.07. The highest BCUT2D eigenvalue weighted by atomic mass is 16.5. The van der Waals surface area contributed by atoms with Crippen LogP contribution in [0.3, 0.4) is 0 Å². The molecule has 0 amide bonds. The molecule has 0 fully saturated rings. The minimum atomic E-state index is 0.293. The molecule has 0 radical (unpaired) electrons. The molecule has 0 aromatic heterocycles. The molecular formula is C12H19NO. The molecule has 0 unspecified atom stereocenters. The molecular weight excluding hydrogens is 174 g/mol. The van der Waals surface area contributed by atoms with Crippen molar-refractivity contribution in [2.24, 2.45) is 0 Å². The van der Waals surface area contributed by atoms with Gasteiger partial charge in [0, 0.05) is 13.2 Å². The van der Waals surface area contributed by atoms with Crippen molar-refractivity contribution in [3.05, 3.63) is 35.9 Å². The highest BCUT2D eigenvalue weighted by Gasteiger charge is 2.10. The second kappa shape index (κ2) is 5.78. The van der Waals surface area contributed by atoms with Gasteiger partial charge in [0.2, 0.25) is 0 Å². The normalized spacial score (nSPS) is 13.1. The third kappa shape index (κ3) is 3.48. The average molecular weight is 193 g/mol. The van der Waals surface area contributed by atoms with Crippen LogP contribution < -0.4 is 5.32 Å². The van der Waals surface area contributed by atoms with E-state index in [2.05, 4.69) is 43.4 Å². The van der Waals surface area contributed by atoms with E-state index in [1.807, 2.05) is 6.07 Å². The van der Waals surface area contributed by atoms with Crippen molar-refractivity contribution >= 4 is 0 Å². The van der Waals surface area contributed by atoms with Gasteiger partial charge >= 0.3 is 0 Å². The first kappa shape index (κ1) is 11.2. The summed E-state index contributed by atoms with van der Waals surface area (Å²) in [5.74, 6) is 0. The molecule has 14 heavy (non-hydrogen) atoms. The summed E-state index contributed by atoms with van der Waals surface area (Å²) in [5.41, 5.74) is 1.28. The largest absolute Gasteiger partial charge is 0.383 e. The first-order valence-corrected chi connectivity index (χ1v) is 5.04. The second-order valence-electron chi connectivity index (χ2n) is 3.74.